The first kappa shape index (κ1) is 16.9. The standard InChI is InChI=1S/C14H17NO5S/c1-4-9-8(3)21-13(12(9)14(19)20-5-2)15-10(16)6-7-11(17)18/h6-7H,4-5H2,1-3H3,(H,15,16)(H,17,18)/b7-6-. The van der Waals surface area contributed by atoms with Crippen LogP contribution in [0.1, 0.15) is 34.6 Å². The van der Waals surface area contributed by atoms with Crippen LogP contribution in [-0.4, -0.2) is 29.6 Å². The number of nitrogens with one attached hydrogen (secondary N) is 1. The van der Waals surface area contributed by atoms with E-state index in [0.29, 0.717) is 17.0 Å². The molecule has 0 bridgehead atoms. The number of carboxylic acids is 1. The van der Waals surface area contributed by atoms with Crippen molar-refractivity contribution >= 4 is 34.2 Å². The Morgan fingerprint density at radius 2 is 1.95 bits per heavy atom. The van der Waals surface area contributed by atoms with Gasteiger partial charge >= 0.3 is 11.9 Å². The number of ether oxygens (including phenoxy) is 1. The molecule has 0 aliphatic carbocycles. The van der Waals surface area contributed by atoms with E-state index in [4.69, 9.17) is 9.84 Å². The van der Waals surface area contributed by atoms with Gasteiger partial charge in [0.2, 0.25) is 5.91 Å². The van der Waals surface area contributed by atoms with Crippen molar-refractivity contribution < 1.29 is 24.2 Å². The van der Waals surface area contributed by atoms with Crippen molar-refractivity contribution in [1.29, 1.82) is 0 Å². The predicted octanol–water partition coefficient (Wildman–Crippen LogP) is 2.37. The molecule has 2 N–H and O–H groups in total. The van der Waals surface area contributed by atoms with E-state index in [1.165, 1.54) is 11.3 Å². The molecule has 7 heteroatoms. The Bertz CT molecular complexity index is 588. The number of carbonyl (C=O) groups is 3. The third kappa shape index (κ3) is 4.42. The fraction of sp³-hybridized carbons (Fsp3) is 0.357. The van der Waals surface area contributed by atoms with Gasteiger partial charge in [-0.15, -0.1) is 11.3 Å². The molecule has 0 radical (unpaired) electrons. The fourth-order valence-corrected chi connectivity index (χ4v) is 2.95. The van der Waals surface area contributed by atoms with Crippen molar-refractivity contribution in [2.45, 2.75) is 27.2 Å². The molecule has 1 amide bonds. The summed E-state index contributed by atoms with van der Waals surface area (Å²) in [6, 6.07) is 0. The van der Waals surface area contributed by atoms with Gasteiger partial charge in [0.25, 0.3) is 0 Å². The van der Waals surface area contributed by atoms with Crippen molar-refractivity contribution in [3.8, 4) is 0 Å². The van der Waals surface area contributed by atoms with Crippen LogP contribution in [0.25, 0.3) is 0 Å². The smallest absolute Gasteiger partial charge is 0.341 e. The summed E-state index contributed by atoms with van der Waals surface area (Å²) in [6.07, 6.45) is 2.27. The van der Waals surface area contributed by atoms with Crippen LogP contribution in [0.5, 0.6) is 0 Å². The average Bonchev–Trinajstić information content (AvgIpc) is 2.72. The van der Waals surface area contributed by atoms with Gasteiger partial charge in [-0.3, -0.25) is 4.79 Å². The van der Waals surface area contributed by atoms with E-state index in [2.05, 4.69) is 5.32 Å². The van der Waals surface area contributed by atoms with Gasteiger partial charge in [-0.05, 0) is 25.8 Å². The SMILES string of the molecule is CCOC(=O)c1c(NC(=O)/C=C\C(=O)O)sc(C)c1CC. The van der Waals surface area contributed by atoms with Gasteiger partial charge in [0.15, 0.2) is 0 Å². The Labute approximate surface area is 126 Å². The molecule has 21 heavy (non-hydrogen) atoms. The van der Waals surface area contributed by atoms with E-state index in [1.54, 1.807) is 6.92 Å². The first-order valence-electron chi connectivity index (χ1n) is 6.42. The summed E-state index contributed by atoms with van der Waals surface area (Å²) in [7, 11) is 0. The van der Waals surface area contributed by atoms with Crippen molar-refractivity contribution in [2.24, 2.45) is 0 Å². The molecule has 1 rings (SSSR count). The van der Waals surface area contributed by atoms with Gasteiger partial charge in [0.1, 0.15) is 5.00 Å². The van der Waals surface area contributed by atoms with E-state index in [0.717, 1.165) is 22.6 Å². The summed E-state index contributed by atoms with van der Waals surface area (Å²) in [5, 5.41) is 11.4. The summed E-state index contributed by atoms with van der Waals surface area (Å²) in [5.74, 6) is -2.31. The number of hydrogen-bond acceptors (Lipinski definition) is 5. The lowest BCUT2D eigenvalue weighted by atomic mass is 10.1. The molecule has 6 nitrogen and oxygen atoms in total. The normalized spacial score (nSPS) is 10.6. The average molecular weight is 311 g/mol. The number of hydrogen-bond donors (Lipinski definition) is 2. The molecule has 1 aromatic rings. The van der Waals surface area contributed by atoms with Gasteiger partial charge in [-0.2, -0.15) is 0 Å². The van der Waals surface area contributed by atoms with Crippen LogP contribution in [0, 0.1) is 6.92 Å². The molecule has 1 heterocycles. The first-order chi connectivity index (χ1) is 9.90. The lowest BCUT2D eigenvalue weighted by Crippen LogP contribution is -2.13. The van der Waals surface area contributed by atoms with Gasteiger partial charge in [0, 0.05) is 17.0 Å². The summed E-state index contributed by atoms with van der Waals surface area (Å²) in [5.41, 5.74) is 1.18. The van der Waals surface area contributed by atoms with Crippen LogP contribution in [0.4, 0.5) is 5.00 Å². The van der Waals surface area contributed by atoms with Crippen LogP contribution in [0.2, 0.25) is 0 Å². The zero-order valence-corrected chi connectivity index (χ0v) is 12.9. The van der Waals surface area contributed by atoms with E-state index >= 15 is 0 Å². The van der Waals surface area contributed by atoms with Crippen LogP contribution >= 0.6 is 11.3 Å². The monoisotopic (exact) mass is 311 g/mol. The van der Waals surface area contributed by atoms with Gasteiger partial charge < -0.3 is 15.2 Å². The predicted molar refractivity (Wildman–Crippen MR) is 79.8 cm³/mol. The number of esters is 1. The highest BCUT2D eigenvalue weighted by Crippen LogP contribution is 2.34. The second kappa shape index (κ2) is 7.58. The molecule has 0 saturated carbocycles. The molecule has 0 aliphatic heterocycles. The largest absolute Gasteiger partial charge is 0.478 e. The molecule has 0 unspecified atom stereocenters. The maximum atomic E-state index is 12.0. The number of thiophene rings is 1. The van der Waals surface area contributed by atoms with Crippen LogP contribution < -0.4 is 5.32 Å². The van der Waals surface area contributed by atoms with E-state index in [1.807, 2.05) is 13.8 Å². The van der Waals surface area contributed by atoms with E-state index in [-0.39, 0.29) is 6.61 Å². The van der Waals surface area contributed by atoms with E-state index in [9.17, 15) is 14.4 Å². The second-order valence-electron chi connectivity index (χ2n) is 4.08. The molecule has 1 aromatic heterocycles. The summed E-state index contributed by atoms with van der Waals surface area (Å²) in [6.45, 7) is 5.71. The van der Waals surface area contributed by atoms with Crippen molar-refractivity contribution in [2.75, 3.05) is 11.9 Å². The number of anilines is 1. The lowest BCUT2D eigenvalue weighted by molar-refractivity contribution is -0.131. The summed E-state index contributed by atoms with van der Waals surface area (Å²) >= 11 is 1.27. The van der Waals surface area contributed by atoms with Gasteiger partial charge in [0.05, 0.1) is 12.2 Å². The molecular formula is C14H17NO5S. The minimum atomic E-state index is -1.22. The minimum absolute atomic E-state index is 0.239. The Morgan fingerprint density at radius 1 is 1.29 bits per heavy atom. The highest BCUT2D eigenvalue weighted by Gasteiger charge is 2.22. The molecule has 0 saturated heterocycles. The maximum Gasteiger partial charge on any atom is 0.341 e. The van der Waals surface area contributed by atoms with Gasteiger partial charge in [-0.25, -0.2) is 9.59 Å². The Hall–Kier alpha value is -2.15. The Morgan fingerprint density at radius 3 is 2.48 bits per heavy atom. The molecule has 0 spiro atoms. The third-order valence-corrected chi connectivity index (χ3v) is 3.72. The third-order valence-electron chi connectivity index (χ3n) is 2.66. The highest BCUT2D eigenvalue weighted by molar-refractivity contribution is 7.16. The number of aliphatic carboxylic acids is 1. The van der Waals surface area contributed by atoms with E-state index < -0.39 is 17.8 Å². The topological polar surface area (TPSA) is 92.7 Å². The fourth-order valence-electron chi connectivity index (χ4n) is 1.81. The zero-order chi connectivity index (χ0) is 16.0. The summed E-state index contributed by atoms with van der Waals surface area (Å²) in [4.78, 5) is 35.0. The number of carbonyl (C=O) groups excluding carboxylic acids is 2. The minimum Gasteiger partial charge on any atom is -0.478 e. The number of aryl methyl sites for hydroxylation is 1. The molecule has 0 fully saturated rings. The zero-order valence-electron chi connectivity index (χ0n) is 12.1. The van der Waals surface area contributed by atoms with Gasteiger partial charge in [-0.1, -0.05) is 6.92 Å². The van der Waals surface area contributed by atoms with Crippen molar-refractivity contribution in [3.05, 3.63) is 28.2 Å². The molecular weight excluding hydrogens is 294 g/mol. The first-order valence-corrected chi connectivity index (χ1v) is 7.23. The quantitative estimate of drug-likeness (QED) is 0.621. The van der Waals surface area contributed by atoms with Crippen molar-refractivity contribution in [3.63, 3.8) is 0 Å². The maximum absolute atomic E-state index is 12.0. The van der Waals surface area contributed by atoms with Crippen molar-refractivity contribution in [1.82, 2.24) is 0 Å². The van der Waals surface area contributed by atoms with Crippen LogP contribution in [0.15, 0.2) is 12.2 Å². The highest BCUT2D eigenvalue weighted by atomic mass is 32.1. The number of carboxylic acid groups (broad SMARTS) is 1. The number of rotatable bonds is 6. The molecule has 114 valence electrons. The van der Waals surface area contributed by atoms with Crippen LogP contribution in [-0.2, 0) is 20.7 Å². The second-order valence-corrected chi connectivity index (χ2v) is 5.30. The number of amides is 1. The molecule has 0 aliphatic rings. The Kier molecular flexibility index (Phi) is 6.10. The summed E-state index contributed by atoms with van der Waals surface area (Å²) < 4.78 is 5.01. The molecule has 0 aromatic carbocycles. The molecule has 0 atom stereocenters. The Balaban J connectivity index is 3.09. The van der Waals surface area contributed by atoms with Crippen LogP contribution in [0.3, 0.4) is 0 Å². The lowest BCUT2D eigenvalue weighted by Gasteiger charge is -2.06.